The summed E-state index contributed by atoms with van der Waals surface area (Å²) >= 11 is 0. The van der Waals surface area contributed by atoms with Crippen LogP contribution in [0.3, 0.4) is 0 Å². The van der Waals surface area contributed by atoms with Crippen LogP contribution < -0.4 is 4.90 Å². The van der Waals surface area contributed by atoms with Crippen LogP contribution in [0.5, 0.6) is 0 Å². The van der Waals surface area contributed by atoms with Gasteiger partial charge in [-0.2, -0.15) is 5.26 Å². The summed E-state index contributed by atoms with van der Waals surface area (Å²) < 4.78 is 0. The van der Waals surface area contributed by atoms with Gasteiger partial charge in [-0.05, 0) is 6.07 Å². The molecule has 5 nitrogen and oxygen atoms in total. The van der Waals surface area contributed by atoms with Gasteiger partial charge in [-0.15, -0.1) is 0 Å². The summed E-state index contributed by atoms with van der Waals surface area (Å²) in [5.74, 6) is -0.348. The van der Waals surface area contributed by atoms with E-state index in [-0.39, 0.29) is 24.7 Å². The molecule has 1 aliphatic heterocycles. The normalized spacial score (nSPS) is 15.5. The van der Waals surface area contributed by atoms with Crippen molar-refractivity contribution in [1.29, 1.82) is 5.26 Å². The summed E-state index contributed by atoms with van der Waals surface area (Å²) in [7, 11) is 0. The van der Waals surface area contributed by atoms with Crippen molar-refractivity contribution >= 4 is 17.4 Å². The van der Waals surface area contributed by atoms with Crippen molar-refractivity contribution in [1.82, 2.24) is 4.98 Å². The summed E-state index contributed by atoms with van der Waals surface area (Å²) in [6, 6.07) is 3.48. The van der Waals surface area contributed by atoms with E-state index in [9.17, 15) is 9.59 Å². The van der Waals surface area contributed by atoms with E-state index in [2.05, 4.69) is 4.98 Å². The van der Waals surface area contributed by atoms with Crippen molar-refractivity contribution in [3.8, 4) is 6.07 Å². The van der Waals surface area contributed by atoms with Gasteiger partial charge in [0.25, 0.3) is 0 Å². The smallest absolute Gasteiger partial charge is 0.234 e. The van der Waals surface area contributed by atoms with E-state index >= 15 is 0 Å². The summed E-state index contributed by atoms with van der Waals surface area (Å²) in [6.07, 6.45) is 2.82. The average molecular weight is 201 g/mol. The van der Waals surface area contributed by atoms with Gasteiger partial charge in [-0.1, -0.05) is 0 Å². The van der Waals surface area contributed by atoms with Crippen LogP contribution in [0.2, 0.25) is 0 Å². The third kappa shape index (κ3) is 1.70. The number of amides is 1. The fraction of sp³-hybridized carbons (Fsp3) is 0.200. The van der Waals surface area contributed by atoms with Gasteiger partial charge in [0.2, 0.25) is 5.91 Å². The Balaban J connectivity index is 2.34. The lowest BCUT2D eigenvalue weighted by atomic mass is 10.3. The first-order chi connectivity index (χ1) is 7.20. The standard InChI is InChI=1S/C10H7N3O2/c11-3-7-1-8(5-12-4-7)13-6-9(14)2-10(13)15/h1,4-5H,2,6H2. The summed E-state index contributed by atoms with van der Waals surface area (Å²) in [5.41, 5.74) is 0.879. The zero-order valence-electron chi connectivity index (χ0n) is 7.80. The van der Waals surface area contributed by atoms with Gasteiger partial charge in [0.15, 0.2) is 5.78 Å². The highest BCUT2D eigenvalue weighted by atomic mass is 16.2. The minimum atomic E-state index is -0.239. The number of nitrogens with zero attached hydrogens (tertiary/aromatic N) is 3. The fourth-order valence-electron chi connectivity index (χ4n) is 1.46. The van der Waals surface area contributed by atoms with E-state index < -0.39 is 0 Å². The average Bonchev–Trinajstić information content (AvgIpc) is 2.58. The van der Waals surface area contributed by atoms with Crippen LogP contribution >= 0.6 is 0 Å². The lowest BCUT2D eigenvalue weighted by Gasteiger charge is -2.13. The maximum atomic E-state index is 11.4. The molecule has 0 unspecified atom stereocenters. The number of pyridine rings is 1. The molecule has 1 fully saturated rings. The first-order valence-electron chi connectivity index (χ1n) is 4.38. The third-order valence-corrected chi connectivity index (χ3v) is 2.15. The SMILES string of the molecule is N#Cc1cncc(N2CC(=O)CC2=O)c1. The number of hydrogen-bond acceptors (Lipinski definition) is 4. The molecule has 0 spiro atoms. The minimum absolute atomic E-state index is 0.0587. The molecule has 74 valence electrons. The highest BCUT2D eigenvalue weighted by Crippen LogP contribution is 2.19. The van der Waals surface area contributed by atoms with E-state index in [4.69, 9.17) is 5.26 Å². The molecule has 2 rings (SSSR count). The molecule has 0 N–H and O–H groups in total. The number of ketones is 1. The van der Waals surface area contributed by atoms with Crippen LogP contribution in [0, 0.1) is 11.3 Å². The van der Waals surface area contributed by atoms with Gasteiger partial charge in [0.1, 0.15) is 6.07 Å². The van der Waals surface area contributed by atoms with Crippen molar-refractivity contribution in [2.45, 2.75) is 6.42 Å². The van der Waals surface area contributed by atoms with E-state index in [0.29, 0.717) is 11.3 Å². The van der Waals surface area contributed by atoms with Gasteiger partial charge in [-0.3, -0.25) is 14.6 Å². The molecule has 1 aliphatic rings. The Kier molecular flexibility index (Phi) is 2.18. The number of Topliss-reactive ketones (excluding diaryl/α,β-unsaturated/α-hetero) is 1. The third-order valence-electron chi connectivity index (χ3n) is 2.15. The molecular formula is C10H7N3O2. The number of nitriles is 1. The molecule has 1 amide bonds. The molecule has 1 aromatic heterocycles. The van der Waals surface area contributed by atoms with Gasteiger partial charge in [0.05, 0.1) is 30.4 Å². The highest BCUT2D eigenvalue weighted by Gasteiger charge is 2.28. The molecule has 0 saturated carbocycles. The van der Waals surface area contributed by atoms with Gasteiger partial charge in [0, 0.05) is 6.20 Å². The minimum Gasteiger partial charge on any atom is -0.303 e. The fourth-order valence-corrected chi connectivity index (χ4v) is 1.46. The summed E-state index contributed by atoms with van der Waals surface area (Å²) in [5, 5.41) is 8.66. The topological polar surface area (TPSA) is 74.1 Å². The van der Waals surface area contributed by atoms with Crippen LogP contribution in [-0.4, -0.2) is 23.2 Å². The first kappa shape index (κ1) is 9.34. The van der Waals surface area contributed by atoms with E-state index in [1.54, 1.807) is 6.07 Å². The lowest BCUT2D eigenvalue weighted by molar-refractivity contribution is -0.121. The Hall–Kier alpha value is -2.22. The second-order valence-corrected chi connectivity index (χ2v) is 3.24. The molecule has 15 heavy (non-hydrogen) atoms. The van der Waals surface area contributed by atoms with Crippen LogP contribution in [0.4, 0.5) is 5.69 Å². The zero-order valence-corrected chi connectivity index (χ0v) is 7.80. The molecule has 5 heteroatoms. The number of aromatic nitrogens is 1. The van der Waals surface area contributed by atoms with Crippen molar-refractivity contribution < 1.29 is 9.59 Å². The van der Waals surface area contributed by atoms with Crippen molar-refractivity contribution in [2.24, 2.45) is 0 Å². The van der Waals surface area contributed by atoms with Gasteiger partial charge < -0.3 is 4.90 Å². The predicted octanol–water partition coefficient (Wildman–Crippen LogP) is 0.259. The van der Waals surface area contributed by atoms with E-state index in [1.807, 2.05) is 6.07 Å². The van der Waals surface area contributed by atoms with Crippen LogP contribution in [-0.2, 0) is 9.59 Å². The molecule has 1 saturated heterocycles. The Labute approximate surface area is 85.9 Å². The van der Waals surface area contributed by atoms with Crippen molar-refractivity contribution in [3.63, 3.8) is 0 Å². The summed E-state index contributed by atoms with van der Waals surface area (Å²) in [4.78, 5) is 27.6. The maximum absolute atomic E-state index is 11.4. The van der Waals surface area contributed by atoms with Crippen LogP contribution in [0.15, 0.2) is 18.5 Å². The monoisotopic (exact) mass is 201 g/mol. The quantitative estimate of drug-likeness (QED) is 0.611. The lowest BCUT2D eigenvalue weighted by Crippen LogP contribution is -2.24. The predicted molar refractivity (Wildman–Crippen MR) is 50.9 cm³/mol. The maximum Gasteiger partial charge on any atom is 0.234 e. The Morgan fingerprint density at radius 1 is 1.40 bits per heavy atom. The molecule has 2 heterocycles. The van der Waals surface area contributed by atoms with E-state index in [1.165, 1.54) is 17.3 Å². The number of carbonyl (C=O) groups excluding carboxylic acids is 2. The molecule has 0 aromatic carbocycles. The van der Waals surface area contributed by atoms with Crippen LogP contribution in [0.1, 0.15) is 12.0 Å². The zero-order chi connectivity index (χ0) is 10.8. The first-order valence-corrected chi connectivity index (χ1v) is 4.38. The molecular weight excluding hydrogens is 194 g/mol. The van der Waals surface area contributed by atoms with Crippen LogP contribution in [0.25, 0.3) is 0 Å². The van der Waals surface area contributed by atoms with Crippen molar-refractivity contribution in [2.75, 3.05) is 11.4 Å². The summed E-state index contributed by atoms with van der Waals surface area (Å²) in [6.45, 7) is 0.0788. The number of rotatable bonds is 1. The molecule has 1 aromatic rings. The second kappa shape index (κ2) is 3.50. The Morgan fingerprint density at radius 3 is 2.80 bits per heavy atom. The molecule has 0 bridgehead atoms. The van der Waals surface area contributed by atoms with Crippen molar-refractivity contribution in [3.05, 3.63) is 24.0 Å². The highest BCUT2D eigenvalue weighted by molar-refractivity contribution is 6.14. The number of anilines is 1. The number of carbonyl (C=O) groups is 2. The number of hydrogen-bond donors (Lipinski definition) is 0. The molecule has 0 atom stereocenters. The Morgan fingerprint density at radius 2 is 2.20 bits per heavy atom. The molecule has 0 aliphatic carbocycles. The van der Waals surface area contributed by atoms with E-state index in [0.717, 1.165) is 0 Å². The Bertz CT molecular complexity index is 476. The largest absolute Gasteiger partial charge is 0.303 e. The molecule has 0 radical (unpaired) electrons. The van der Waals surface area contributed by atoms with Gasteiger partial charge >= 0.3 is 0 Å². The van der Waals surface area contributed by atoms with Gasteiger partial charge in [-0.25, -0.2) is 0 Å². The second-order valence-electron chi connectivity index (χ2n) is 3.24.